The Kier molecular flexibility index (Phi) is 5.96. The van der Waals surface area contributed by atoms with Crippen molar-refractivity contribution in [1.29, 1.82) is 0 Å². The highest BCUT2D eigenvalue weighted by Gasteiger charge is 2.10. The number of aromatic nitrogens is 2. The standard InChI is InChI=1S/C21H20N4O3/c22-21(28)16-9-4-5-10-18(16)23-19(26)11-6-14-25-20(27)13-12-17(24-25)15-7-2-1-3-8-15/h1-5,7-10,12-13H,6,11,14H2,(H2,22,28)(H,23,26). The van der Waals surface area contributed by atoms with Crippen LogP contribution in [0.3, 0.4) is 0 Å². The number of nitrogens with one attached hydrogen (secondary N) is 1. The number of carbonyl (C=O) groups is 2. The topological polar surface area (TPSA) is 107 Å². The van der Waals surface area contributed by atoms with E-state index in [1.54, 1.807) is 30.3 Å². The third-order valence-corrected chi connectivity index (χ3v) is 4.18. The predicted molar refractivity (Wildman–Crippen MR) is 107 cm³/mol. The number of anilines is 1. The van der Waals surface area contributed by atoms with E-state index < -0.39 is 5.91 Å². The number of primary amides is 1. The minimum atomic E-state index is -0.607. The van der Waals surface area contributed by atoms with E-state index in [1.165, 1.54) is 10.7 Å². The van der Waals surface area contributed by atoms with Gasteiger partial charge in [-0.2, -0.15) is 5.10 Å². The molecule has 0 saturated carbocycles. The molecule has 3 N–H and O–H groups in total. The summed E-state index contributed by atoms with van der Waals surface area (Å²) in [5.74, 6) is -0.870. The fourth-order valence-electron chi connectivity index (χ4n) is 2.78. The Morgan fingerprint density at radius 1 is 0.964 bits per heavy atom. The van der Waals surface area contributed by atoms with Crippen molar-refractivity contribution in [3.05, 3.63) is 82.6 Å². The molecule has 2 amide bonds. The number of aryl methyl sites for hydroxylation is 1. The van der Waals surface area contributed by atoms with Crippen LogP contribution in [0.15, 0.2) is 71.5 Å². The molecule has 1 heterocycles. The average molecular weight is 376 g/mol. The van der Waals surface area contributed by atoms with Gasteiger partial charge in [0.2, 0.25) is 5.91 Å². The number of carbonyl (C=O) groups excluding carboxylic acids is 2. The SMILES string of the molecule is NC(=O)c1ccccc1NC(=O)CCCn1nc(-c2ccccc2)ccc1=O. The molecule has 0 fully saturated rings. The molecule has 1 aromatic heterocycles. The monoisotopic (exact) mass is 376 g/mol. The largest absolute Gasteiger partial charge is 0.366 e. The molecule has 28 heavy (non-hydrogen) atoms. The van der Waals surface area contributed by atoms with Gasteiger partial charge in [-0.25, -0.2) is 4.68 Å². The lowest BCUT2D eigenvalue weighted by molar-refractivity contribution is -0.116. The zero-order valence-corrected chi connectivity index (χ0v) is 15.2. The van der Waals surface area contributed by atoms with Crippen LogP contribution in [-0.4, -0.2) is 21.6 Å². The minimum Gasteiger partial charge on any atom is -0.366 e. The lowest BCUT2D eigenvalue weighted by atomic mass is 10.1. The van der Waals surface area contributed by atoms with Gasteiger partial charge in [0.05, 0.1) is 16.9 Å². The number of benzene rings is 2. The second kappa shape index (κ2) is 8.77. The van der Waals surface area contributed by atoms with Crippen LogP contribution in [-0.2, 0) is 11.3 Å². The van der Waals surface area contributed by atoms with Crippen molar-refractivity contribution in [2.75, 3.05) is 5.32 Å². The summed E-state index contributed by atoms with van der Waals surface area (Å²) in [5, 5.41) is 7.05. The van der Waals surface area contributed by atoms with Crippen LogP contribution in [0, 0.1) is 0 Å². The number of amides is 2. The number of nitrogens with two attached hydrogens (primary N) is 1. The Morgan fingerprint density at radius 2 is 1.68 bits per heavy atom. The van der Waals surface area contributed by atoms with Crippen LogP contribution in [0.25, 0.3) is 11.3 Å². The highest BCUT2D eigenvalue weighted by atomic mass is 16.2. The van der Waals surface area contributed by atoms with Gasteiger partial charge in [-0.05, 0) is 24.6 Å². The molecule has 0 radical (unpaired) electrons. The number of para-hydroxylation sites is 1. The summed E-state index contributed by atoms with van der Waals surface area (Å²) in [7, 11) is 0. The van der Waals surface area contributed by atoms with Crippen LogP contribution in [0.2, 0.25) is 0 Å². The molecular weight excluding hydrogens is 356 g/mol. The van der Waals surface area contributed by atoms with Gasteiger partial charge in [0, 0.05) is 24.6 Å². The first-order valence-corrected chi connectivity index (χ1v) is 8.87. The van der Waals surface area contributed by atoms with Crippen molar-refractivity contribution in [1.82, 2.24) is 9.78 Å². The maximum atomic E-state index is 12.2. The van der Waals surface area contributed by atoms with Crippen LogP contribution in [0.5, 0.6) is 0 Å². The fraction of sp³-hybridized carbons (Fsp3) is 0.143. The molecule has 0 unspecified atom stereocenters. The molecule has 142 valence electrons. The summed E-state index contributed by atoms with van der Waals surface area (Å²) in [6.07, 6.45) is 0.604. The van der Waals surface area contributed by atoms with E-state index in [-0.39, 0.29) is 23.5 Å². The minimum absolute atomic E-state index is 0.177. The number of hydrogen-bond acceptors (Lipinski definition) is 4. The van der Waals surface area contributed by atoms with Crippen LogP contribution in [0.1, 0.15) is 23.2 Å². The van der Waals surface area contributed by atoms with E-state index in [0.29, 0.717) is 24.3 Å². The highest BCUT2D eigenvalue weighted by Crippen LogP contribution is 2.15. The maximum absolute atomic E-state index is 12.2. The smallest absolute Gasteiger partial charge is 0.266 e. The molecule has 2 aromatic carbocycles. The van der Waals surface area contributed by atoms with Crippen LogP contribution >= 0.6 is 0 Å². The van der Waals surface area contributed by atoms with Crippen LogP contribution in [0.4, 0.5) is 5.69 Å². The summed E-state index contributed by atoms with van der Waals surface area (Å²) in [5.41, 5.74) is 7.32. The summed E-state index contributed by atoms with van der Waals surface area (Å²) in [6, 6.07) is 19.3. The number of nitrogens with zero attached hydrogens (tertiary/aromatic N) is 2. The molecule has 0 aliphatic heterocycles. The molecule has 0 spiro atoms. The van der Waals surface area contributed by atoms with Crippen molar-refractivity contribution in [3.63, 3.8) is 0 Å². The Hall–Kier alpha value is -3.74. The second-order valence-electron chi connectivity index (χ2n) is 6.21. The van der Waals surface area contributed by atoms with Gasteiger partial charge in [0.25, 0.3) is 11.5 Å². The summed E-state index contributed by atoms with van der Waals surface area (Å²) in [4.78, 5) is 35.6. The Balaban J connectivity index is 1.62. The van der Waals surface area contributed by atoms with Crippen molar-refractivity contribution >= 4 is 17.5 Å². The van der Waals surface area contributed by atoms with Crippen molar-refractivity contribution in [2.24, 2.45) is 5.73 Å². The van der Waals surface area contributed by atoms with Gasteiger partial charge in [0.15, 0.2) is 0 Å². The van der Waals surface area contributed by atoms with E-state index in [0.717, 1.165) is 5.56 Å². The molecule has 0 bridgehead atoms. The number of rotatable bonds is 7. The van der Waals surface area contributed by atoms with E-state index in [2.05, 4.69) is 10.4 Å². The molecule has 0 saturated heterocycles. The fourth-order valence-corrected chi connectivity index (χ4v) is 2.78. The molecule has 0 aliphatic carbocycles. The van der Waals surface area contributed by atoms with E-state index >= 15 is 0 Å². The third kappa shape index (κ3) is 4.70. The van der Waals surface area contributed by atoms with E-state index in [4.69, 9.17) is 5.73 Å². The van der Waals surface area contributed by atoms with Gasteiger partial charge in [0.1, 0.15) is 0 Å². The zero-order valence-electron chi connectivity index (χ0n) is 15.2. The first-order valence-electron chi connectivity index (χ1n) is 8.87. The molecule has 3 aromatic rings. The summed E-state index contributed by atoms with van der Waals surface area (Å²) < 4.78 is 1.35. The van der Waals surface area contributed by atoms with Gasteiger partial charge in [-0.15, -0.1) is 0 Å². The molecule has 7 heteroatoms. The van der Waals surface area contributed by atoms with Gasteiger partial charge in [-0.1, -0.05) is 42.5 Å². The Bertz CT molecular complexity index is 1040. The van der Waals surface area contributed by atoms with Crippen LogP contribution < -0.4 is 16.6 Å². The zero-order chi connectivity index (χ0) is 19.9. The van der Waals surface area contributed by atoms with Crippen molar-refractivity contribution < 1.29 is 9.59 Å². The lowest BCUT2D eigenvalue weighted by Crippen LogP contribution is -2.23. The van der Waals surface area contributed by atoms with Crippen molar-refractivity contribution in [3.8, 4) is 11.3 Å². The van der Waals surface area contributed by atoms with E-state index in [9.17, 15) is 14.4 Å². The lowest BCUT2D eigenvalue weighted by Gasteiger charge is -2.09. The molecule has 3 rings (SSSR count). The summed E-state index contributed by atoms with van der Waals surface area (Å²) in [6.45, 7) is 0.310. The molecule has 0 aliphatic rings. The average Bonchev–Trinajstić information content (AvgIpc) is 2.70. The number of hydrogen-bond donors (Lipinski definition) is 2. The Morgan fingerprint density at radius 3 is 2.43 bits per heavy atom. The van der Waals surface area contributed by atoms with Gasteiger partial charge in [-0.3, -0.25) is 14.4 Å². The molecular formula is C21H20N4O3. The quantitative estimate of drug-likeness (QED) is 0.660. The Labute approximate surface area is 161 Å². The molecule has 0 atom stereocenters. The van der Waals surface area contributed by atoms with Gasteiger partial charge < -0.3 is 11.1 Å². The summed E-state index contributed by atoms with van der Waals surface area (Å²) >= 11 is 0. The maximum Gasteiger partial charge on any atom is 0.266 e. The third-order valence-electron chi connectivity index (χ3n) is 4.18. The first-order chi connectivity index (χ1) is 13.5. The van der Waals surface area contributed by atoms with E-state index in [1.807, 2.05) is 30.3 Å². The predicted octanol–water partition coefficient (Wildman–Crippen LogP) is 2.43. The second-order valence-corrected chi connectivity index (χ2v) is 6.21. The normalized spacial score (nSPS) is 10.4. The van der Waals surface area contributed by atoms with Crippen molar-refractivity contribution in [2.45, 2.75) is 19.4 Å². The van der Waals surface area contributed by atoms with Gasteiger partial charge >= 0.3 is 0 Å². The first kappa shape index (κ1) is 19.0. The highest BCUT2D eigenvalue weighted by molar-refractivity contribution is 6.02. The molecule has 7 nitrogen and oxygen atoms in total.